The van der Waals surface area contributed by atoms with Crippen LogP contribution in [-0.4, -0.2) is 18.4 Å². The first-order valence-corrected chi connectivity index (χ1v) is 3.93. The average molecular weight is 170 g/mol. The molecule has 68 valence electrons. The van der Waals surface area contributed by atoms with Crippen LogP contribution in [0.15, 0.2) is 12.7 Å². The van der Waals surface area contributed by atoms with E-state index in [0.717, 1.165) is 12.5 Å². The van der Waals surface area contributed by atoms with Crippen molar-refractivity contribution in [2.75, 3.05) is 6.61 Å². The summed E-state index contributed by atoms with van der Waals surface area (Å²) in [6.07, 6.45) is 1.87. The minimum Gasteiger partial charge on any atom is -0.457 e. The predicted octanol–water partition coefficient (Wildman–Crippen LogP) is 1.33. The zero-order valence-electron chi connectivity index (χ0n) is 7.50. The number of hydrogen-bond acceptors (Lipinski definition) is 3. The van der Waals surface area contributed by atoms with Crippen LogP contribution >= 0.6 is 0 Å². The Kier molecular flexibility index (Phi) is 5.00. The molecule has 0 bridgehead atoms. The molecular weight excluding hydrogens is 156 g/mol. The number of rotatable bonds is 5. The topological polar surface area (TPSA) is 43.4 Å². The summed E-state index contributed by atoms with van der Waals surface area (Å²) in [5.41, 5.74) is 0. The SMILES string of the molecule is C=CC(=O)COC(=O)C(C)CC. The highest BCUT2D eigenvalue weighted by Gasteiger charge is 2.12. The first kappa shape index (κ1) is 10.9. The van der Waals surface area contributed by atoms with Crippen LogP contribution in [-0.2, 0) is 14.3 Å². The number of ketones is 1. The van der Waals surface area contributed by atoms with Gasteiger partial charge < -0.3 is 4.74 Å². The molecule has 3 nitrogen and oxygen atoms in total. The Bertz CT molecular complexity index is 184. The lowest BCUT2D eigenvalue weighted by Gasteiger charge is -2.06. The van der Waals surface area contributed by atoms with Crippen LogP contribution in [0.2, 0.25) is 0 Å². The van der Waals surface area contributed by atoms with Crippen molar-refractivity contribution in [3.8, 4) is 0 Å². The van der Waals surface area contributed by atoms with Gasteiger partial charge in [-0.15, -0.1) is 0 Å². The molecule has 0 spiro atoms. The molecule has 0 aromatic rings. The van der Waals surface area contributed by atoms with Gasteiger partial charge in [-0.3, -0.25) is 9.59 Å². The molecule has 0 aromatic heterocycles. The lowest BCUT2D eigenvalue weighted by molar-refractivity contribution is -0.150. The van der Waals surface area contributed by atoms with E-state index in [0.29, 0.717) is 0 Å². The second-order valence-corrected chi connectivity index (χ2v) is 2.59. The van der Waals surface area contributed by atoms with Gasteiger partial charge >= 0.3 is 5.97 Å². The highest BCUT2D eigenvalue weighted by molar-refractivity contribution is 5.91. The Hall–Kier alpha value is -1.12. The molecule has 0 radical (unpaired) electrons. The van der Waals surface area contributed by atoms with E-state index in [1.165, 1.54) is 0 Å². The van der Waals surface area contributed by atoms with Crippen molar-refractivity contribution in [2.24, 2.45) is 5.92 Å². The maximum atomic E-state index is 11.0. The maximum absolute atomic E-state index is 11.0. The Morgan fingerprint density at radius 2 is 2.17 bits per heavy atom. The van der Waals surface area contributed by atoms with Gasteiger partial charge in [0, 0.05) is 0 Å². The second-order valence-electron chi connectivity index (χ2n) is 2.59. The quantitative estimate of drug-likeness (QED) is 0.462. The van der Waals surface area contributed by atoms with E-state index in [4.69, 9.17) is 0 Å². The van der Waals surface area contributed by atoms with E-state index < -0.39 is 0 Å². The summed E-state index contributed by atoms with van der Waals surface area (Å²) in [5.74, 6) is -0.734. The summed E-state index contributed by atoms with van der Waals surface area (Å²) in [6.45, 7) is 6.73. The molecule has 0 aromatic carbocycles. The van der Waals surface area contributed by atoms with Crippen molar-refractivity contribution < 1.29 is 14.3 Å². The van der Waals surface area contributed by atoms with E-state index in [1.54, 1.807) is 6.92 Å². The van der Waals surface area contributed by atoms with Gasteiger partial charge in [0.1, 0.15) is 0 Å². The van der Waals surface area contributed by atoms with Crippen LogP contribution in [0.25, 0.3) is 0 Å². The molecule has 0 aliphatic rings. The first-order chi connectivity index (χ1) is 5.61. The molecule has 0 aliphatic carbocycles. The Morgan fingerprint density at radius 3 is 2.58 bits per heavy atom. The summed E-state index contributed by atoms with van der Waals surface area (Å²) in [7, 11) is 0. The third-order valence-corrected chi connectivity index (χ3v) is 1.60. The summed E-state index contributed by atoms with van der Waals surface area (Å²) in [6, 6.07) is 0. The van der Waals surface area contributed by atoms with Gasteiger partial charge in [0.25, 0.3) is 0 Å². The van der Waals surface area contributed by atoms with Crippen LogP contribution in [0.3, 0.4) is 0 Å². The van der Waals surface area contributed by atoms with Gasteiger partial charge in [-0.1, -0.05) is 20.4 Å². The Balaban J connectivity index is 3.71. The molecule has 1 atom stereocenters. The van der Waals surface area contributed by atoms with Crippen molar-refractivity contribution in [1.29, 1.82) is 0 Å². The number of ether oxygens (including phenoxy) is 1. The van der Waals surface area contributed by atoms with Crippen molar-refractivity contribution in [3.63, 3.8) is 0 Å². The fourth-order valence-electron chi connectivity index (χ4n) is 0.510. The molecule has 0 fully saturated rings. The maximum Gasteiger partial charge on any atom is 0.309 e. The molecule has 0 aliphatic heterocycles. The van der Waals surface area contributed by atoms with Gasteiger partial charge in [-0.2, -0.15) is 0 Å². The fourth-order valence-corrected chi connectivity index (χ4v) is 0.510. The molecule has 12 heavy (non-hydrogen) atoms. The van der Waals surface area contributed by atoms with Gasteiger partial charge in [-0.05, 0) is 12.5 Å². The van der Waals surface area contributed by atoms with Crippen LogP contribution in [0.1, 0.15) is 20.3 Å². The molecule has 0 heterocycles. The van der Waals surface area contributed by atoms with E-state index in [1.807, 2.05) is 6.92 Å². The van der Waals surface area contributed by atoms with Crippen molar-refractivity contribution in [1.82, 2.24) is 0 Å². The van der Waals surface area contributed by atoms with Gasteiger partial charge in [0.2, 0.25) is 0 Å². The van der Waals surface area contributed by atoms with Crippen molar-refractivity contribution >= 4 is 11.8 Å². The molecule has 0 saturated heterocycles. The molecule has 3 heteroatoms. The Morgan fingerprint density at radius 1 is 1.58 bits per heavy atom. The second kappa shape index (κ2) is 5.52. The number of carbonyl (C=O) groups is 2. The van der Waals surface area contributed by atoms with E-state index in [2.05, 4.69) is 11.3 Å². The van der Waals surface area contributed by atoms with Crippen molar-refractivity contribution in [2.45, 2.75) is 20.3 Å². The summed E-state index contributed by atoms with van der Waals surface area (Å²) < 4.78 is 4.69. The molecule has 0 rings (SSSR count). The third-order valence-electron chi connectivity index (χ3n) is 1.60. The predicted molar refractivity (Wildman–Crippen MR) is 45.6 cm³/mol. The summed E-state index contributed by atoms with van der Waals surface area (Å²) >= 11 is 0. The molecular formula is C9H14O3. The minimum absolute atomic E-state index is 0.136. The summed E-state index contributed by atoms with van der Waals surface area (Å²) in [4.78, 5) is 21.6. The van der Waals surface area contributed by atoms with Gasteiger partial charge in [0.05, 0.1) is 5.92 Å². The Labute approximate surface area is 72.4 Å². The lowest BCUT2D eigenvalue weighted by atomic mass is 10.1. The average Bonchev–Trinajstić information content (AvgIpc) is 2.11. The van der Waals surface area contributed by atoms with Gasteiger partial charge in [-0.25, -0.2) is 0 Å². The van der Waals surface area contributed by atoms with Gasteiger partial charge in [0.15, 0.2) is 12.4 Å². The zero-order valence-corrected chi connectivity index (χ0v) is 7.50. The largest absolute Gasteiger partial charge is 0.457 e. The number of esters is 1. The third kappa shape index (κ3) is 3.91. The van der Waals surface area contributed by atoms with Crippen LogP contribution < -0.4 is 0 Å². The van der Waals surface area contributed by atoms with E-state index >= 15 is 0 Å². The van der Waals surface area contributed by atoms with E-state index in [-0.39, 0.29) is 24.3 Å². The molecule has 0 N–H and O–H groups in total. The summed E-state index contributed by atoms with van der Waals surface area (Å²) in [5, 5.41) is 0. The highest BCUT2D eigenvalue weighted by Crippen LogP contribution is 2.02. The number of carbonyl (C=O) groups excluding carboxylic acids is 2. The fraction of sp³-hybridized carbons (Fsp3) is 0.556. The van der Waals surface area contributed by atoms with Crippen LogP contribution in [0.4, 0.5) is 0 Å². The van der Waals surface area contributed by atoms with Crippen molar-refractivity contribution in [3.05, 3.63) is 12.7 Å². The lowest BCUT2D eigenvalue weighted by Crippen LogP contribution is -2.17. The van der Waals surface area contributed by atoms with Crippen LogP contribution in [0.5, 0.6) is 0 Å². The minimum atomic E-state index is -0.326. The molecule has 0 saturated carbocycles. The first-order valence-electron chi connectivity index (χ1n) is 3.93. The number of hydrogen-bond donors (Lipinski definition) is 0. The monoisotopic (exact) mass is 170 g/mol. The standard InChI is InChI=1S/C9H14O3/c1-4-7(3)9(11)12-6-8(10)5-2/h5,7H,2,4,6H2,1,3H3. The molecule has 0 amide bonds. The normalized spacial score (nSPS) is 11.8. The highest BCUT2D eigenvalue weighted by atomic mass is 16.5. The smallest absolute Gasteiger partial charge is 0.309 e. The zero-order chi connectivity index (χ0) is 9.56. The molecule has 1 unspecified atom stereocenters. The van der Waals surface area contributed by atoms with Crippen LogP contribution in [0, 0.1) is 5.92 Å². The van der Waals surface area contributed by atoms with E-state index in [9.17, 15) is 9.59 Å².